The zero-order valence-corrected chi connectivity index (χ0v) is 17.8. The first-order chi connectivity index (χ1) is 16.2. The molecule has 0 unspecified atom stereocenters. The van der Waals surface area contributed by atoms with Crippen LogP contribution >= 0.6 is 0 Å². The molecule has 0 saturated carbocycles. The van der Waals surface area contributed by atoms with Gasteiger partial charge in [0.05, 0.1) is 5.69 Å². The molecule has 1 amide bonds. The van der Waals surface area contributed by atoms with Crippen LogP contribution in [0.3, 0.4) is 0 Å². The minimum atomic E-state index is -0.222. The molecule has 2 aromatic heterocycles. The fourth-order valence-electron chi connectivity index (χ4n) is 2.92. The van der Waals surface area contributed by atoms with E-state index in [1.807, 2.05) is 84.9 Å². The van der Waals surface area contributed by atoms with Crippen LogP contribution in [0, 0.1) is 11.8 Å². The predicted molar refractivity (Wildman–Crippen MR) is 129 cm³/mol. The molecule has 0 bridgehead atoms. The summed E-state index contributed by atoms with van der Waals surface area (Å²) in [6.07, 6.45) is 6.69. The molecular weight excluding hydrogens is 410 g/mol. The van der Waals surface area contributed by atoms with Crippen LogP contribution in [0.1, 0.15) is 22.5 Å². The molecule has 0 aliphatic carbocycles. The summed E-state index contributed by atoms with van der Waals surface area (Å²) in [5.41, 5.74) is 3.93. The van der Waals surface area contributed by atoms with E-state index in [-0.39, 0.29) is 5.91 Å². The quantitative estimate of drug-likeness (QED) is 0.340. The number of anilines is 1. The van der Waals surface area contributed by atoms with Gasteiger partial charge in [0, 0.05) is 29.7 Å². The zero-order valence-electron chi connectivity index (χ0n) is 17.8. The molecular formula is C28H21N3O2. The fraction of sp³-hybridized carbons (Fsp3) is 0.0357. The minimum absolute atomic E-state index is 0.222. The van der Waals surface area contributed by atoms with Crippen LogP contribution in [0.5, 0.6) is 5.75 Å². The van der Waals surface area contributed by atoms with Crippen LogP contribution in [0.15, 0.2) is 103 Å². The molecule has 2 aromatic carbocycles. The SMILES string of the molecule is O=C(/C=C/c1ccc(OCc2ccccn2)cc1)Nc1cccc(C#Cc2ccccn2)c1. The van der Waals surface area contributed by atoms with Crippen molar-refractivity contribution in [3.8, 4) is 17.6 Å². The maximum Gasteiger partial charge on any atom is 0.248 e. The summed E-state index contributed by atoms with van der Waals surface area (Å²) < 4.78 is 5.73. The van der Waals surface area contributed by atoms with Crippen molar-refractivity contribution in [1.82, 2.24) is 9.97 Å². The highest BCUT2D eigenvalue weighted by molar-refractivity contribution is 6.02. The van der Waals surface area contributed by atoms with Crippen LogP contribution < -0.4 is 10.1 Å². The van der Waals surface area contributed by atoms with Gasteiger partial charge in [-0.3, -0.25) is 9.78 Å². The summed E-state index contributed by atoms with van der Waals surface area (Å²) in [6.45, 7) is 0.406. The molecule has 4 rings (SSSR count). The van der Waals surface area contributed by atoms with E-state index in [0.717, 1.165) is 22.6 Å². The highest BCUT2D eigenvalue weighted by Gasteiger charge is 2.00. The van der Waals surface area contributed by atoms with E-state index in [4.69, 9.17) is 4.74 Å². The smallest absolute Gasteiger partial charge is 0.248 e. The van der Waals surface area contributed by atoms with Crippen molar-refractivity contribution in [3.63, 3.8) is 0 Å². The number of carbonyl (C=O) groups excluding carboxylic acids is 1. The Hall–Kier alpha value is -4.69. The van der Waals surface area contributed by atoms with Crippen molar-refractivity contribution >= 4 is 17.7 Å². The van der Waals surface area contributed by atoms with Gasteiger partial charge in [-0.2, -0.15) is 0 Å². The second-order valence-corrected chi connectivity index (χ2v) is 7.05. The first-order valence-electron chi connectivity index (χ1n) is 10.4. The summed E-state index contributed by atoms with van der Waals surface area (Å²) in [4.78, 5) is 20.7. The number of hydrogen-bond donors (Lipinski definition) is 1. The van der Waals surface area contributed by atoms with Gasteiger partial charge in [0.15, 0.2) is 0 Å². The van der Waals surface area contributed by atoms with E-state index >= 15 is 0 Å². The van der Waals surface area contributed by atoms with Gasteiger partial charge in [0.25, 0.3) is 0 Å². The molecule has 0 atom stereocenters. The van der Waals surface area contributed by atoms with Gasteiger partial charge < -0.3 is 10.1 Å². The summed E-state index contributed by atoms with van der Waals surface area (Å²) in [5, 5.41) is 2.86. The van der Waals surface area contributed by atoms with Gasteiger partial charge >= 0.3 is 0 Å². The number of ether oxygens (including phenoxy) is 1. The number of nitrogens with one attached hydrogen (secondary N) is 1. The second-order valence-electron chi connectivity index (χ2n) is 7.05. The standard InChI is InChI=1S/C28H21N3O2/c32-28(31-25-9-5-6-23(20-25)10-14-24-7-1-3-18-29-24)17-13-22-11-15-27(16-12-22)33-21-26-8-2-4-19-30-26/h1-9,11-13,15-20H,21H2,(H,31,32)/b17-13+. The number of rotatable bonds is 6. The Morgan fingerprint density at radius 2 is 1.70 bits per heavy atom. The monoisotopic (exact) mass is 431 g/mol. The van der Waals surface area contributed by atoms with E-state index in [9.17, 15) is 4.79 Å². The molecule has 4 aromatic rings. The largest absolute Gasteiger partial charge is 0.487 e. The Bertz CT molecular complexity index is 1290. The molecule has 0 saturated heterocycles. The number of nitrogens with zero attached hydrogens (tertiary/aromatic N) is 2. The number of amides is 1. The van der Waals surface area contributed by atoms with E-state index in [1.165, 1.54) is 6.08 Å². The van der Waals surface area contributed by atoms with Crippen LogP contribution in [-0.4, -0.2) is 15.9 Å². The molecule has 0 aliphatic heterocycles. The number of carbonyl (C=O) groups is 1. The van der Waals surface area contributed by atoms with E-state index in [0.29, 0.717) is 18.0 Å². The first kappa shape index (κ1) is 21.5. The highest BCUT2D eigenvalue weighted by Crippen LogP contribution is 2.15. The van der Waals surface area contributed by atoms with Crippen molar-refractivity contribution in [2.75, 3.05) is 5.32 Å². The molecule has 1 N–H and O–H groups in total. The molecule has 2 heterocycles. The Morgan fingerprint density at radius 1 is 0.879 bits per heavy atom. The average Bonchev–Trinajstić information content (AvgIpc) is 2.87. The maximum atomic E-state index is 12.3. The second kappa shape index (κ2) is 11.1. The van der Waals surface area contributed by atoms with Crippen LogP contribution in [0.25, 0.3) is 6.08 Å². The van der Waals surface area contributed by atoms with Gasteiger partial charge in [0.2, 0.25) is 5.91 Å². The van der Waals surface area contributed by atoms with E-state index < -0.39 is 0 Å². The van der Waals surface area contributed by atoms with Gasteiger partial charge in [-0.15, -0.1) is 0 Å². The predicted octanol–water partition coefficient (Wildman–Crippen LogP) is 5.11. The Kier molecular flexibility index (Phi) is 7.23. The number of hydrogen-bond acceptors (Lipinski definition) is 4. The van der Waals surface area contributed by atoms with E-state index in [2.05, 4.69) is 27.1 Å². The topological polar surface area (TPSA) is 64.1 Å². The summed E-state index contributed by atoms with van der Waals surface area (Å²) in [7, 11) is 0. The lowest BCUT2D eigenvalue weighted by atomic mass is 10.2. The number of pyridine rings is 2. The third-order valence-corrected chi connectivity index (χ3v) is 4.55. The van der Waals surface area contributed by atoms with Crippen molar-refractivity contribution in [2.24, 2.45) is 0 Å². The Morgan fingerprint density at radius 3 is 2.45 bits per heavy atom. The lowest BCUT2D eigenvalue weighted by Gasteiger charge is -2.06. The number of benzene rings is 2. The van der Waals surface area contributed by atoms with Crippen LogP contribution in [0.4, 0.5) is 5.69 Å². The third-order valence-electron chi connectivity index (χ3n) is 4.55. The highest BCUT2D eigenvalue weighted by atomic mass is 16.5. The van der Waals surface area contributed by atoms with Crippen molar-refractivity contribution in [1.29, 1.82) is 0 Å². The summed E-state index contributed by atoms with van der Waals surface area (Å²) in [6, 6.07) is 26.2. The van der Waals surface area contributed by atoms with Crippen LogP contribution in [-0.2, 0) is 11.4 Å². The molecule has 0 radical (unpaired) electrons. The van der Waals surface area contributed by atoms with Gasteiger partial charge in [-0.25, -0.2) is 4.98 Å². The molecule has 0 spiro atoms. The maximum absolute atomic E-state index is 12.3. The molecule has 5 nitrogen and oxygen atoms in total. The van der Waals surface area contributed by atoms with Crippen molar-refractivity contribution in [2.45, 2.75) is 6.61 Å². The summed E-state index contributed by atoms with van der Waals surface area (Å²) in [5.74, 6) is 6.59. The molecule has 0 fully saturated rings. The van der Waals surface area contributed by atoms with Gasteiger partial charge in [0.1, 0.15) is 18.1 Å². The van der Waals surface area contributed by atoms with Gasteiger partial charge in [-0.05, 0) is 72.2 Å². The van der Waals surface area contributed by atoms with E-state index in [1.54, 1.807) is 18.5 Å². The fourth-order valence-corrected chi connectivity index (χ4v) is 2.92. The minimum Gasteiger partial charge on any atom is -0.487 e. The molecule has 0 aliphatic rings. The molecule has 5 heteroatoms. The lowest BCUT2D eigenvalue weighted by molar-refractivity contribution is -0.111. The number of aromatic nitrogens is 2. The summed E-state index contributed by atoms with van der Waals surface area (Å²) >= 11 is 0. The van der Waals surface area contributed by atoms with Crippen molar-refractivity contribution < 1.29 is 9.53 Å². The Balaban J connectivity index is 1.31. The zero-order chi connectivity index (χ0) is 22.7. The van der Waals surface area contributed by atoms with Gasteiger partial charge in [-0.1, -0.05) is 36.3 Å². The molecule has 160 valence electrons. The Labute approximate surface area is 192 Å². The third kappa shape index (κ3) is 6.91. The van der Waals surface area contributed by atoms with Crippen LogP contribution in [0.2, 0.25) is 0 Å². The molecule has 33 heavy (non-hydrogen) atoms. The normalized spacial score (nSPS) is 10.3. The average molecular weight is 431 g/mol. The van der Waals surface area contributed by atoms with Crippen molar-refractivity contribution in [3.05, 3.63) is 126 Å². The first-order valence-corrected chi connectivity index (χ1v) is 10.4. The lowest BCUT2D eigenvalue weighted by Crippen LogP contribution is -2.07.